The van der Waals surface area contributed by atoms with Crippen molar-refractivity contribution in [3.63, 3.8) is 0 Å². The molecule has 0 aromatic heterocycles. The Morgan fingerprint density at radius 3 is 3.00 bits per heavy atom. The molecule has 9 heavy (non-hydrogen) atoms. The van der Waals surface area contributed by atoms with Crippen molar-refractivity contribution in [1.29, 1.82) is 0 Å². The van der Waals surface area contributed by atoms with E-state index in [0.717, 1.165) is 12.3 Å². The Morgan fingerprint density at radius 2 is 2.56 bits per heavy atom. The van der Waals surface area contributed by atoms with Crippen LogP contribution in [0.2, 0.25) is 0 Å². The first-order valence-electron chi connectivity index (χ1n) is 3.11. The Labute approximate surface area is 55.2 Å². The second-order valence-electron chi connectivity index (χ2n) is 2.24. The summed E-state index contributed by atoms with van der Waals surface area (Å²) in [7, 11) is 1.64. The fourth-order valence-electron chi connectivity index (χ4n) is 0.737. The topological polar surface area (TPSA) is 21.6 Å². The van der Waals surface area contributed by atoms with Crippen LogP contribution in [0.5, 0.6) is 0 Å². The summed E-state index contributed by atoms with van der Waals surface area (Å²) in [5, 5.41) is 0. The first-order valence-corrected chi connectivity index (χ1v) is 3.11. The summed E-state index contributed by atoms with van der Waals surface area (Å²) in [6.45, 7) is 2.13. The molecule has 50 valence electrons. The van der Waals surface area contributed by atoms with Crippen LogP contribution in [0.25, 0.3) is 0 Å². The second-order valence-corrected chi connectivity index (χ2v) is 2.24. The molecule has 0 spiro atoms. The highest BCUT2D eigenvalue weighted by atomic mass is 16.5. The lowest BCUT2D eigenvalue weighted by atomic mass is 10.1. The average molecular weight is 125 g/mol. The van der Waals surface area contributed by atoms with E-state index in [1.165, 1.54) is 0 Å². The number of rotatable bonds is 1. The lowest BCUT2D eigenvalue weighted by molar-refractivity contribution is 0.284. The summed E-state index contributed by atoms with van der Waals surface area (Å²) < 4.78 is 4.90. The minimum atomic E-state index is 0.573. The standard InChI is InChI=1S/C7H11NO/c1-6-3-4-7(9-2)8-5-6/h4-6H,3H2,1-2H3/t6-/m0/s1. The molecule has 1 aliphatic rings. The van der Waals surface area contributed by atoms with Crippen molar-refractivity contribution >= 4 is 6.21 Å². The molecule has 0 aromatic carbocycles. The van der Waals surface area contributed by atoms with Crippen LogP contribution in [0.1, 0.15) is 13.3 Å². The SMILES string of the molecule is COC1=CC[C@H](C)C=N1. The lowest BCUT2D eigenvalue weighted by Gasteiger charge is -2.08. The van der Waals surface area contributed by atoms with Gasteiger partial charge >= 0.3 is 0 Å². The summed E-state index contributed by atoms with van der Waals surface area (Å²) in [6, 6.07) is 0. The van der Waals surface area contributed by atoms with Gasteiger partial charge in [-0.05, 0) is 18.4 Å². The number of hydrogen-bond donors (Lipinski definition) is 0. The van der Waals surface area contributed by atoms with Gasteiger partial charge in [0.05, 0.1) is 7.11 Å². The fraction of sp³-hybridized carbons (Fsp3) is 0.571. The van der Waals surface area contributed by atoms with E-state index in [1.54, 1.807) is 7.11 Å². The number of nitrogens with zero attached hydrogens (tertiary/aromatic N) is 1. The van der Waals surface area contributed by atoms with Crippen molar-refractivity contribution in [1.82, 2.24) is 0 Å². The molecular weight excluding hydrogens is 114 g/mol. The Balaban J connectivity index is 2.52. The molecule has 1 aliphatic heterocycles. The summed E-state index contributed by atoms with van der Waals surface area (Å²) in [5.74, 6) is 1.32. The maximum absolute atomic E-state index is 4.90. The van der Waals surface area contributed by atoms with Crippen molar-refractivity contribution in [2.45, 2.75) is 13.3 Å². The van der Waals surface area contributed by atoms with Crippen molar-refractivity contribution in [2.75, 3.05) is 7.11 Å². The van der Waals surface area contributed by atoms with Gasteiger partial charge in [0.2, 0.25) is 5.88 Å². The van der Waals surface area contributed by atoms with Crippen LogP contribution in [-0.4, -0.2) is 13.3 Å². The molecule has 1 atom stereocenters. The number of ether oxygens (including phenoxy) is 1. The van der Waals surface area contributed by atoms with Crippen LogP contribution in [-0.2, 0) is 4.74 Å². The minimum absolute atomic E-state index is 0.573. The average Bonchev–Trinajstić information content (AvgIpc) is 1.90. The van der Waals surface area contributed by atoms with Gasteiger partial charge in [-0.15, -0.1) is 0 Å². The molecule has 0 bridgehead atoms. The highest BCUT2D eigenvalue weighted by Gasteiger charge is 2.02. The number of hydrogen-bond acceptors (Lipinski definition) is 2. The summed E-state index contributed by atoms with van der Waals surface area (Å²) in [6.07, 6.45) is 4.97. The van der Waals surface area contributed by atoms with E-state index in [1.807, 2.05) is 12.3 Å². The first-order chi connectivity index (χ1) is 4.33. The van der Waals surface area contributed by atoms with Gasteiger partial charge in [0, 0.05) is 6.21 Å². The van der Waals surface area contributed by atoms with Gasteiger partial charge in [-0.1, -0.05) is 6.92 Å². The van der Waals surface area contributed by atoms with Crippen LogP contribution in [0.3, 0.4) is 0 Å². The van der Waals surface area contributed by atoms with Crippen LogP contribution in [0.4, 0.5) is 0 Å². The first kappa shape index (κ1) is 6.33. The van der Waals surface area contributed by atoms with Gasteiger partial charge in [0.25, 0.3) is 0 Å². The third-order valence-corrected chi connectivity index (χ3v) is 1.33. The predicted octanol–water partition coefficient (Wildman–Crippen LogP) is 1.58. The number of allylic oxidation sites excluding steroid dienone is 1. The molecule has 2 heteroatoms. The van der Waals surface area contributed by atoms with Gasteiger partial charge in [-0.2, -0.15) is 0 Å². The molecule has 0 aliphatic carbocycles. The van der Waals surface area contributed by atoms with E-state index in [9.17, 15) is 0 Å². The van der Waals surface area contributed by atoms with Crippen molar-refractivity contribution in [3.8, 4) is 0 Å². The van der Waals surface area contributed by atoms with E-state index < -0.39 is 0 Å². The number of aliphatic imine (C=N–C) groups is 1. The molecule has 0 aromatic rings. The molecule has 0 amide bonds. The summed E-state index contributed by atoms with van der Waals surface area (Å²) in [4.78, 5) is 4.04. The zero-order valence-electron chi connectivity index (χ0n) is 5.79. The molecule has 0 unspecified atom stereocenters. The molecule has 0 fully saturated rings. The largest absolute Gasteiger partial charge is 0.481 e. The third-order valence-electron chi connectivity index (χ3n) is 1.33. The molecule has 2 nitrogen and oxygen atoms in total. The molecule has 1 rings (SSSR count). The van der Waals surface area contributed by atoms with E-state index >= 15 is 0 Å². The van der Waals surface area contributed by atoms with Crippen LogP contribution < -0.4 is 0 Å². The van der Waals surface area contributed by atoms with Crippen LogP contribution in [0.15, 0.2) is 17.0 Å². The van der Waals surface area contributed by atoms with Gasteiger partial charge in [-0.3, -0.25) is 0 Å². The molecule has 1 heterocycles. The van der Waals surface area contributed by atoms with Crippen molar-refractivity contribution < 1.29 is 4.74 Å². The van der Waals surface area contributed by atoms with Crippen LogP contribution in [0, 0.1) is 5.92 Å². The Morgan fingerprint density at radius 1 is 1.78 bits per heavy atom. The third kappa shape index (κ3) is 1.56. The summed E-state index contributed by atoms with van der Waals surface area (Å²) >= 11 is 0. The van der Waals surface area contributed by atoms with Crippen molar-refractivity contribution in [3.05, 3.63) is 12.0 Å². The maximum Gasteiger partial charge on any atom is 0.208 e. The zero-order chi connectivity index (χ0) is 6.69. The van der Waals surface area contributed by atoms with Gasteiger partial charge in [0.15, 0.2) is 0 Å². The van der Waals surface area contributed by atoms with E-state index in [-0.39, 0.29) is 0 Å². The zero-order valence-corrected chi connectivity index (χ0v) is 5.79. The second kappa shape index (κ2) is 2.67. The molecule has 0 saturated carbocycles. The highest BCUT2D eigenvalue weighted by molar-refractivity contribution is 5.63. The van der Waals surface area contributed by atoms with Crippen LogP contribution >= 0.6 is 0 Å². The highest BCUT2D eigenvalue weighted by Crippen LogP contribution is 2.10. The Bertz CT molecular complexity index is 149. The maximum atomic E-state index is 4.90. The molecule has 0 saturated heterocycles. The normalized spacial score (nSPS) is 25.6. The molecule has 0 radical (unpaired) electrons. The molecular formula is C7H11NO. The Hall–Kier alpha value is -0.790. The summed E-state index contributed by atoms with van der Waals surface area (Å²) in [5.41, 5.74) is 0. The predicted molar refractivity (Wildman–Crippen MR) is 37.4 cm³/mol. The van der Waals surface area contributed by atoms with E-state index in [2.05, 4.69) is 11.9 Å². The Kier molecular flexibility index (Phi) is 1.88. The van der Waals surface area contributed by atoms with Gasteiger partial charge < -0.3 is 4.74 Å². The smallest absolute Gasteiger partial charge is 0.208 e. The lowest BCUT2D eigenvalue weighted by Crippen LogP contribution is -2.00. The van der Waals surface area contributed by atoms with E-state index in [4.69, 9.17) is 4.74 Å². The minimum Gasteiger partial charge on any atom is -0.481 e. The van der Waals surface area contributed by atoms with E-state index in [0.29, 0.717) is 5.92 Å². The van der Waals surface area contributed by atoms with Crippen molar-refractivity contribution in [2.24, 2.45) is 10.9 Å². The monoisotopic (exact) mass is 125 g/mol. The molecule has 0 N–H and O–H groups in total. The number of methoxy groups -OCH3 is 1. The van der Waals surface area contributed by atoms with Gasteiger partial charge in [-0.25, -0.2) is 4.99 Å². The fourth-order valence-corrected chi connectivity index (χ4v) is 0.737. The van der Waals surface area contributed by atoms with Gasteiger partial charge in [0.1, 0.15) is 0 Å². The quantitative estimate of drug-likeness (QED) is 0.521.